The van der Waals surface area contributed by atoms with Crippen molar-refractivity contribution in [3.63, 3.8) is 0 Å². The van der Waals surface area contributed by atoms with Gasteiger partial charge in [0.2, 0.25) is 17.7 Å². The SMILES string of the molecule is CC.CC(C)(C)CCCCCCCC(=O)N1CCC(O)CC1.CN(CC1(CO)CCCC1)C(=O)CCCCCCCC(C)(C)C.CN(CCON(C(=O)CCCCCCC(C)(C)C)C1CCCCC1)C(=O)c1ccccc1.Cc1cccc(C(=O)N2CCC(CCCCC(C)(C)C)CC2)c1. The lowest BCUT2D eigenvalue weighted by atomic mass is 9.86. The molecule has 2 N–H and O–H groups in total. The van der Waals surface area contributed by atoms with Crippen LogP contribution in [0.15, 0.2) is 54.6 Å². The van der Waals surface area contributed by atoms with Gasteiger partial charge >= 0.3 is 0 Å². The van der Waals surface area contributed by atoms with Crippen LogP contribution < -0.4 is 0 Å². The fourth-order valence-corrected chi connectivity index (χ4v) is 14.2. The Labute approximate surface area is 614 Å². The molecule has 2 aliphatic carbocycles. The molecule has 13 nitrogen and oxygen atoms in total. The van der Waals surface area contributed by atoms with Crippen molar-refractivity contribution >= 4 is 29.5 Å². The minimum absolute atomic E-state index is 0.0165. The van der Waals surface area contributed by atoms with Gasteiger partial charge in [0.05, 0.1) is 25.4 Å². The number of aliphatic hydroxyl groups is 2. The Morgan fingerprint density at radius 3 is 1.45 bits per heavy atom. The number of piperidine rings is 2. The van der Waals surface area contributed by atoms with Gasteiger partial charge in [0.1, 0.15) is 0 Å². The molecule has 0 spiro atoms. The Morgan fingerprint density at radius 1 is 0.510 bits per heavy atom. The molecule has 2 saturated heterocycles. The molecule has 0 aromatic heterocycles. The van der Waals surface area contributed by atoms with Crippen LogP contribution in [0.5, 0.6) is 0 Å². The van der Waals surface area contributed by atoms with E-state index in [2.05, 4.69) is 83.1 Å². The summed E-state index contributed by atoms with van der Waals surface area (Å²) in [4.78, 5) is 75.8. The zero-order chi connectivity index (χ0) is 74.6. The molecule has 0 bridgehead atoms. The zero-order valence-corrected chi connectivity index (χ0v) is 67.8. The fourth-order valence-electron chi connectivity index (χ4n) is 14.2. The van der Waals surface area contributed by atoms with Crippen LogP contribution in [0.2, 0.25) is 0 Å². The molecular weight excluding hydrogens is 1240 g/mol. The van der Waals surface area contributed by atoms with E-state index < -0.39 is 0 Å². The molecule has 4 fully saturated rings. The smallest absolute Gasteiger partial charge is 0.253 e. The van der Waals surface area contributed by atoms with Crippen molar-refractivity contribution in [3.8, 4) is 0 Å². The summed E-state index contributed by atoms with van der Waals surface area (Å²) in [5, 5.41) is 20.7. The summed E-state index contributed by atoms with van der Waals surface area (Å²) < 4.78 is 0. The van der Waals surface area contributed by atoms with Crippen LogP contribution in [0.4, 0.5) is 0 Å². The normalized spacial score (nSPS) is 16.1. The van der Waals surface area contributed by atoms with E-state index in [-0.39, 0.29) is 53.7 Å². The summed E-state index contributed by atoms with van der Waals surface area (Å²) in [7, 11) is 3.68. The number of carbonyl (C=O) groups excluding carboxylic acids is 5. The molecule has 100 heavy (non-hydrogen) atoms. The molecule has 4 aliphatic rings. The summed E-state index contributed by atoms with van der Waals surface area (Å²) in [6.45, 7) is 38.7. The quantitative estimate of drug-likeness (QED) is 0.0519. The van der Waals surface area contributed by atoms with Crippen LogP contribution in [-0.4, -0.2) is 143 Å². The number of amides is 5. The lowest BCUT2D eigenvalue weighted by Gasteiger charge is -2.33. The topological polar surface area (TPSA) is 151 Å². The summed E-state index contributed by atoms with van der Waals surface area (Å²) in [6, 6.07) is 17.4. The lowest BCUT2D eigenvalue weighted by Crippen LogP contribution is -2.43. The van der Waals surface area contributed by atoms with Crippen molar-refractivity contribution in [2.45, 2.75) is 354 Å². The van der Waals surface area contributed by atoms with Crippen molar-refractivity contribution in [2.24, 2.45) is 33.0 Å². The second-order valence-electron chi connectivity index (χ2n) is 35.2. The van der Waals surface area contributed by atoms with E-state index in [1.807, 2.05) is 97.1 Å². The van der Waals surface area contributed by atoms with Gasteiger partial charge in [-0.25, -0.2) is 5.06 Å². The highest BCUT2D eigenvalue weighted by molar-refractivity contribution is 5.94. The highest BCUT2D eigenvalue weighted by Crippen LogP contribution is 2.38. The van der Waals surface area contributed by atoms with E-state index in [1.165, 1.54) is 135 Å². The van der Waals surface area contributed by atoms with Crippen LogP contribution in [0.1, 0.15) is 361 Å². The van der Waals surface area contributed by atoms with Gasteiger partial charge < -0.3 is 29.8 Å². The second kappa shape index (κ2) is 50.2. The lowest BCUT2D eigenvalue weighted by molar-refractivity contribution is -0.204. The minimum Gasteiger partial charge on any atom is -0.396 e. The standard InChI is InChI=1S/C27H44N2O3.C21H33NO.C20H39NO2.C17H33NO2.C2H6/c1-27(2,3)20-14-6-5-13-19-25(30)29(24-17-11-8-12-18-24)32-22-21-28(4)26(31)23-15-9-7-10-16-23;1-17-8-7-10-19(16-17)20(23)22-14-11-18(12-15-22)9-5-6-13-21(2,3)4;1-19(2,3)13-9-7-5-6-8-12-18(23)21(4)16-20(17-22)14-10-11-15-20;1-17(2,3)12-8-6-4-5-7-9-16(20)18-13-10-15(19)11-14-18;1-2/h7,9-10,15-16,24H,5-6,8,11-14,17-22H2,1-4H3;7-8,10,16,18H,5-6,9,11-15H2,1-4H3;22H,5-17H2,1-4H3;15,19H,4-14H2,1-3H3;1-2H3. The second-order valence-corrected chi connectivity index (χ2v) is 35.2. The number of aryl methyl sites for hydroxylation is 1. The Hall–Kier alpha value is -4.33. The van der Waals surface area contributed by atoms with E-state index in [4.69, 9.17) is 4.84 Å². The van der Waals surface area contributed by atoms with Crippen LogP contribution in [0.25, 0.3) is 0 Å². The first-order chi connectivity index (χ1) is 47.3. The maximum Gasteiger partial charge on any atom is 0.253 e. The Morgan fingerprint density at radius 2 is 0.960 bits per heavy atom. The van der Waals surface area contributed by atoms with Crippen molar-refractivity contribution in [1.82, 2.24) is 24.7 Å². The van der Waals surface area contributed by atoms with Crippen LogP contribution in [0, 0.1) is 39.9 Å². The maximum absolute atomic E-state index is 13.0. The van der Waals surface area contributed by atoms with Gasteiger partial charge in [-0.05, 0) is 155 Å². The molecular formula is C87H155N5O8. The molecule has 2 aromatic carbocycles. The molecule has 2 saturated carbocycles. The van der Waals surface area contributed by atoms with E-state index in [1.54, 1.807) is 17.0 Å². The number of hydrogen-bond donors (Lipinski definition) is 2. The molecule has 576 valence electrons. The molecule has 13 heteroatoms. The number of carbonyl (C=O) groups is 5. The van der Waals surface area contributed by atoms with E-state index in [9.17, 15) is 34.2 Å². The van der Waals surface area contributed by atoms with Crippen LogP contribution in [0.3, 0.4) is 0 Å². The number of unbranched alkanes of at least 4 members (excludes halogenated alkanes) is 12. The van der Waals surface area contributed by atoms with E-state index in [0.717, 1.165) is 133 Å². The van der Waals surface area contributed by atoms with Crippen molar-refractivity contribution in [3.05, 3.63) is 71.3 Å². The summed E-state index contributed by atoms with van der Waals surface area (Å²) in [5.41, 5.74) is 4.40. The first kappa shape index (κ1) is 91.8. The molecule has 0 atom stereocenters. The first-order valence-corrected chi connectivity index (χ1v) is 40.7. The molecule has 2 heterocycles. The predicted molar refractivity (Wildman–Crippen MR) is 420 cm³/mol. The monoisotopic (exact) mass is 1400 g/mol. The number of hydroxylamine groups is 2. The molecule has 0 radical (unpaired) electrons. The van der Waals surface area contributed by atoms with Gasteiger partial charge in [-0.2, -0.15) is 0 Å². The molecule has 6 rings (SSSR count). The Kier molecular flexibility index (Phi) is 46.0. The first-order valence-electron chi connectivity index (χ1n) is 40.7. The van der Waals surface area contributed by atoms with Gasteiger partial charge in [-0.15, -0.1) is 0 Å². The maximum atomic E-state index is 13.0. The van der Waals surface area contributed by atoms with Crippen molar-refractivity contribution in [2.75, 3.05) is 66.6 Å². The summed E-state index contributed by atoms with van der Waals surface area (Å²) in [6.07, 6.45) is 41.2. The Balaban J connectivity index is 0.000000456. The van der Waals surface area contributed by atoms with Gasteiger partial charge in [0, 0.05) is 89.2 Å². The minimum atomic E-state index is -0.193. The van der Waals surface area contributed by atoms with Crippen molar-refractivity contribution in [1.29, 1.82) is 0 Å². The number of nitrogens with zero attached hydrogens (tertiary/aromatic N) is 5. The summed E-state index contributed by atoms with van der Waals surface area (Å²) >= 11 is 0. The number of likely N-dealkylation sites (N-methyl/N-ethyl adjacent to an activating group) is 1. The number of rotatable bonds is 34. The molecule has 5 amide bonds. The Bertz CT molecular complexity index is 2460. The third-order valence-corrected chi connectivity index (χ3v) is 20.6. The predicted octanol–water partition coefficient (Wildman–Crippen LogP) is 21.2. The summed E-state index contributed by atoms with van der Waals surface area (Å²) in [5.74, 6) is 1.63. The number of aliphatic hydroxyl groups excluding tert-OH is 2. The molecule has 0 unspecified atom stereocenters. The number of benzene rings is 2. The van der Waals surface area contributed by atoms with Gasteiger partial charge in [-0.1, -0.05) is 255 Å². The van der Waals surface area contributed by atoms with Gasteiger partial charge in [0.15, 0.2) is 0 Å². The highest BCUT2D eigenvalue weighted by Gasteiger charge is 2.35. The fraction of sp³-hybridized carbons (Fsp3) is 0.805. The molecule has 2 aromatic rings. The number of likely N-dealkylation sites (tertiary alicyclic amines) is 2. The van der Waals surface area contributed by atoms with Crippen LogP contribution >= 0.6 is 0 Å². The highest BCUT2D eigenvalue weighted by atomic mass is 16.7. The third-order valence-electron chi connectivity index (χ3n) is 20.6. The largest absolute Gasteiger partial charge is 0.396 e. The van der Waals surface area contributed by atoms with Gasteiger partial charge in [-0.3, -0.25) is 28.8 Å². The average Bonchev–Trinajstić information content (AvgIpc) is 1.72. The zero-order valence-electron chi connectivity index (χ0n) is 67.8. The number of hydrogen-bond acceptors (Lipinski definition) is 8. The van der Waals surface area contributed by atoms with E-state index >= 15 is 0 Å². The van der Waals surface area contributed by atoms with Crippen LogP contribution in [-0.2, 0) is 19.2 Å². The third kappa shape index (κ3) is 43.1. The molecule has 2 aliphatic heterocycles. The van der Waals surface area contributed by atoms with E-state index in [0.29, 0.717) is 59.6 Å². The average molecular weight is 1400 g/mol. The van der Waals surface area contributed by atoms with Gasteiger partial charge in [0.25, 0.3) is 11.8 Å². The van der Waals surface area contributed by atoms with Crippen molar-refractivity contribution < 1.29 is 39.0 Å².